The first-order valence-corrected chi connectivity index (χ1v) is 14.3. The summed E-state index contributed by atoms with van der Waals surface area (Å²) in [4.78, 5) is 2.60. The Balaban J connectivity index is 1.40. The second-order valence-electron chi connectivity index (χ2n) is 10.9. The standard InChI is InChI=1S/C33H42N2O3/c1-24-31(22-35-19-7-3-2-4-8-20-35)37-33(38-32(24)27-13-11-25(23-36)12-14-27)28-17-15-26(16-18-28)30-10-6-5-9-29(30)21-34/h5-6,9-18,24,31-33,36H,2-4,7-8,19-23,34H2,1H3/t24-,31+,32+,33+/m0/s1. The third-order valence-electron chi connectivity index (χ3n) is 8.24. The molecule has 3 aromatic carbocycles. The van der Waals surface area contributed by atoms with Crippen LogP contribution >= 0.6 is 0 Å². The van der Waals surface area contributed by atoms with Crippen molar-refractivity contribution in [2.45, 2.75) is 70.7 Å². The summed E-state index contributed by atoms with van der Waals surface area (Å²) in [6, 6.07) is 25.0. The molecule has 4 atom stereocenters. The zero-order valence-electron chi connectivity index (χ0n) is 22.6. The maximum atomic E-state index is 9.52. The zero-order chi connectivity index (χ0) is 26.3. The van der Waals surface area contributed by atoms with Crippen molar-refractivity contribution >= 4 is 0 Å². The Morgan fingerprint density at radius 1 is 0.816 bits per heavy atom. The van der Waals surface area contributed by atoms with E-state index >= 15 is 0 Å². The number of hydrogen-bond donors (Lipinski definition) is 2. The van der Waals surface area contributed by atoms with E-state index in [1.54, 1.807) is 0 Å². The van der Waals surface area contributed by atoms with Crippen LogP contribution in [0.25, 0.3) is 11.1 Å². The van der Waals surface area contributed by atoms with Crippen molar-refractivity contribution in [1.29, 1.82) is 0 Å². The smallest absolute Gasteiger partial charge is 0.184 e. The molecule has 0 unspecified atom stereocenters. The highest BCUT2D eigenvalue weighted by atomic mass is 16.7. The highest BCUT2D eigenvalue weighted by Crippen LogP contribution is 2.42. The summed E-state index contributed by atoms with van der Waals surface area (Å²) in [6.07, 6.45) is 6.07. The second kappa shape index (κ2) is 13.0. The molecule has 5 rings (SSSR count). The van der Waals surface area contributed by atoms with Gasteiger partial charge < -0.3 is 25.2 Å². The van der Waals surface area contributed by atoms with E-state index in [4.69, 9.17) is 15.2 Å². The number of aliphatic hydroxyl groups excluding tert-OH is 1. The number of benzene rings is 3. The highest BCUT2D eigenvalue weighted by molar-refractivity contribution is 5.67. The Labute approximate surface area is 227 Å². The first kappa shape index (κ1) is 27.0. The van der Waals surface area contributed by atoms with Crippen molar-refractivity contribution in [3.8, 4) is 11.1 Å². The van der Waals surface area contributed by atoms with Crippen LogP contribution in [0.2, 0.25) is 0 Å². The molecule has 2 saturated heterocycles. The molecule has 2 fully saturated rings. The molecular weight excluding hydrogens is 472 g/mol. The number of rotatable bonds is 7. The molecule has 0 aromatic heterocycles. The topological polar surface area (TPSA) is 68.0 Å². The molecule has 0 bridgehead atoms. The molecule has 2 aliphatic heterocycles. The minimum Gasteiger partial charge on any atom is -0.392 e. The van der Waals surface area contributed by atoms with Gasteiger partial charge in [-0.25, -0.2) is 0 Å². The molecule has 0 amide bonds. The first-order chi connectivity index (χ1) is 18.7. The van der Waals surface area contributed by atoms with E-state index in [1.807, 2.05) is 18.2 Å². The lowest BCUT2D eigenvalue weighted by Gasteiger charge is -2.43. The average Bonchev–Trinajstić information content (AvgIpc) is 2.95. The van der Waals surface area contributed by atoms with E-state index in [9.17, 15) is 5.11 Å². The van der Waals surface area contributed by atoms with Crippen LogP contribution in [0, 0.1) is 5.92 Å². The molecule has 202 valence electrons. The third kappa shape index (κ3) is 6.36. The molecule has 0 aliphatic carbocycles. The summed E-state index contributed by atoms with van der Waals surface area (Å²) < 4.78 is 13.4. The van der Waals surface area contributed by atoms with Crippen molar-refractivity contribution in [2.75, 3.05) is 19.6 Å². The normalized spacial score (nSPS) is 25.0. The predicted octanol–water partition coefficient (Wildman–Crippen LogP) is 6.36. The number of ether oxygens (including phenoxy) is 2. The summed E-state index contributed by atoms with van der Waals surface area (Å²) in [5, 5.41) is 9.52. The average molecular weight is 515 g/mol. The summed E-state index contributed by atoms with van der Waals surface area (Å²) in [6.45, 7) is 6.02. The second-order valence-corrected chi connectivity index (χ2v) is 10.9. The summed E-state index contributed by atoms with van der Waals surface area (Å²) in [5.41, 5.74) is 12.5. The van der Waals surface area contributed by atoms with E-state index < -0.39 is 6.29 Å². The number of aliphatic hydroxyl groups is 1. The lowest BCUT2D eigenvalue weighted by Crippen LogP contribution is -2.45. The number of nitrogens with two attached hydrogens (primary N) is 1. The number of likely N-dealkylation sites (tertiary alicyclic amines) is 1. The van der Waals surface area contributed by atoms with Crippen LogP contribution in [0.4, 0.5) is 0 Å². The molecule has 38 heavy (non-hydrogen) atoms. The Kier molecular flexibility index (Phi) is 9.26. The summed E-state index contributed by atoms with van der Waals surface area (Å²) in [5.74, 6) is 0.201. The van der Waals surface area contributed by atoms with E-state index in [2.05, 4.69) is 66.4 Å². The Morgan fingerprint density at radius 3 is 2.16 bits per heavy atom. The molecule has 0 spiro atoms. The molecular formula is C33H42N2O3. The van der Waals surface area contributed by atoms with E-state index in [1.165, 1.54) is 32.1 Å². The van der Waals surface area contributed by atoms with Crippen LogP contribution in [-0.4, -0.2) is 35.7 Å². The fraction of sp³-hybridized carbons (Fsp3) is 0.455. The van der Waals surface area contributed by atoms with Crippen LogP contribution in [0.15, 0.2) is 72.8 Å². The Morgan fingerprint density at radius 2 is 1.47 bits per heavy atom. The summed E-state index contributed by atoms with van der Waals surface area (Å²) in [7, 11) is 0. The van der Waals surface area contributed by atoms with Crippen LogP contribution in [0.1, 0.15) is 73.7 Å². The molecule has 5 nitrogen and oxygen atoms in total. The monoisotopic (exact) mass is 514 g/mol. The lowest BCUT2D eigenvalue weighted by atomic mass is 9.89. The van der Waals surface area contributed by atoms with Gasteiger partial charge in [0.1, 0.15) is 0 Å². The van der Waals surface area contributed by atoms with E-state index in [0.29, 0.717) is 6.54 Å². The van der Waals surface area contributed by atoms with Gasteiger partial charge in [0.2, 0.25) is 0 Å². The Hall–Kier alpha value is -2.54. The molecule has 2 heterocycles. The third-order valence-corrected chi connectivity index (χ3v) is 8.24. The first-order valence-electron chi connectivity index (χ1n) is 14.3. The number of nitrogens with zero attached hydrogens (tertiary/aromatic N) is 1. The maximum Gasteiger partial charge on any atom is 0.184 e. The molecule has 3 aromatic rings. The van der Waals surface area contributed by atoms with Crippen LogP contribution < -0.4 is 5.73 Å². The van der Waals surface area contributed by atoms with Crippen molar-refractivity contribution in [3.05, 3.63) is 95.1 Å². The fourth-order valence-corrected chi connectivity index (χ4v) is 5.88. The van der Waals surface area contributed by atoms with Gasteiger partial charge in [0.25, 0.3) is 0 Å². The van der Waals surface area contributed by atoms with Crippen LogP contribution in [0.5, 0.6) is 0 Å². The summed E-state index contributed by atoms with van der Waals surface area (Å²) >= 11 is 0. The molecule has 2 aliphatic rings. The number of hydrogen-bond acceptors (Lipinski definition) is 5. The molecule has 5 heteroatoms. The van der Waals surface area contributed by atoms with Crippen molar-refractivity contribution < 1.29 is 14.6 Å². The zero-order valence-corrected chi connectivity index (χ0v) is 22.6. The van der Waals surface area contributed by atoms with E-state index in [0.717, 1.165) is 53.0 Å². The van der Waals surface area contributed by atoms with Gasteiger partial charge in [0.05, 0.1) is 18.8 Å². The Bertz CT molecular complexity index is 1140. The van der Waals surface area contributed by atoms with Gasteiger partial charge in [-0.15, -0.1) is 0 Å². The van der Waals surface area contributed by atoms with Gasteiger partial charge in [0, 0.05) is 24.6 Å². The van der Waals surface area contributed by atoms with Gasteiger partial charge in [0.15, 0.2) is 6.29 Å². The minimum atomic E-state index is -0.438. The molecule has 0 radical (unpaired) electrons. The highest BCUT2D eigenvalue weighted by Gasteiger charge is 2.39. The molecule has 3 N–H and O–H groups in total. The molecule has 0 saturated carbocycles. The quantitative estimate of drug-likeness (QED) is 0.384. The maximum absolute atomic E-state index is 9.52. The van der Waals surface area contributed by atoms with Gasteiger partial charge in [-0.05, 0) is 53.7 Å². The SMILES string of the molecule is C[C@H]1[C@@H](CN2CCCCCCC2)O[C@@H](c2ccc(-c3ccccc3CN)cc2)O[C@H]1c1ccc(CO)cc1. The predicted molar refractivity (Wildman–Crippen MR) is 152 cm³/mol. The van der Waals surface area contributed by atoms with Crippen molar-refractivity contribution in [2.24, 2.45) is 11.7 Å². The minimum absolute atomic E-state index is 0.0459. The van der Waals surface area contributed by atoms with Gasteiger partial charge >= 0.3 is 0 Å². The van der Waals surface area contributed by atoms with Crippen molar-refractivity contribution in [3.63, 3.8) is 0 Å². The van der Waals surface area contributed by atoms with Gasteiger partial charge in [-0.3, -0.25) is 0 Å². The lowest BCUT2D eigenvalue weighted by molar-refractivity contribution is -0.276. The van der Waals surface area contributed by atoms with Crippen molar-refractivity contribution in [1.82, 2.24) is 4.90 Å². The van der Waals surface area contributed by atoms with Crippen LogP contribution in [-0.2, 0) is 22.6 Å². The largest absolute Gasteiger partial charge is 0.392 e. The van der Waals surface area contributed by atoms with Gasteiger partial charge in [-0.2, -0.15) is 0 Å². The van der Waals surface area contributed by atoms with Gasteiger partial charge in [-0.1, -0.05) is 99.0 Å². The fourth-order valence-electron chi connectivity index (χ4n) is 5.88. The van der Waals surface area contributed by atoms with Crippen LogP contribution in [0.3, 0.4) is 0 Å². The van der Waals surface area contributed by atoms with E-state index in [-0.39, 0.29) is 24.7 Å².